The molecule has 0 saturated heterocycles. The van der Waals surface area contributed by atoms with Gasteiger partial charge in [0.25, 0.3) is 0 Å². The van der Waals surface area contributed by atoms with Gasteiger partial charge in [0.15, 0.2) is 0 Å². The lowest BCUT2D eigenvalue weighted by Crippen LogP contribution is -2.06. The fourth-order valence-corrected chi connectivity index (χ4v) is 9.75. The Kier molecular flexibility index (Phi) is 8.55. The minimum Gasteiger partial charge on any atom is -0.0622 e. The molecule has 0 heteroatoms. The molecular formula is C58H42. The van der Waals surface area contributed by atoms with Gasteiger partial charge in [0.2, 0.25) is 0 Å². The van der Waals surface area contributed by atoms with Gasteiger partial charge in [-0.25, -0.2) is 0 Å². The van der Waals surface area contributed by atoms with E-state index >= 15 is 0 Å². The maximum Gasteiger partial charge on any atom is 0.0142 e. The van der Waals surface area contributed by atoms with E-state index in [-0.39, 0.29) is 5.92 Å². The summed E-state index contributed by atoms with van der Waals surface area (Å²) in [5.74, 6) is 0.564. The van der Waals surface area contributed by atoms with E-state index in [4.69, 9.17) is 0 Å². The molecule has 0 nitrogen and oxygen atoms in total. The van der Waals surface area contributed by atoms with Crippen LogP contribution in [0.2, 0.25) is 0 Å². The van der Waals surface area contributed by atoms with Crippen LogP contribution in [0, 0.1) is 0 Å². The minimum absolute atomic E-state index is 0.175. The van der Waals surface area contributed by atoms with Crippen LogP contribution in [0.5, 0.6) is 0 Å². The van der Waals surface area contributed by atoms with Crippen molar-refractivity contribution in [2.75, 3.05) is 0 Å². The van der Waals surface area contributed by atoms with Gasteiger partial charge in [-0.3, -0.25) is 0 Å². The Morgan fingerprint density at radius 1 is 0.310 bits per heavy atom. The number of rotatable bonds is 8. The van der Waals surface area contributed by atoms with Crippen LogP contribution >= 0.6 is 0 Å². The van der Waals surface area contributed by atoms with Crippen LogP contribution in [0.25, 0.3) is 65.7 Å². The van der Waals surface area contributed by atoms with Crippen molar-refractivity contribution >= 4 is 32.3 Å². The fraction of sp³-hybridized carbons (Fsp3) is 0.0690. The highest BCUT2D eigenvalue weighted by Gasteiger charge is 2.28. The van der Waals surface area contributed by atoms with Gasteiger partial charge in [0, 0.05) is 11.8 Å². The van der Waals surface area contributed by atoms with E-state index < -0.39 is 0 Å². The Labute approximate surface area is 340 Å². The number of hydrogen-bond donors (Lipinski definition) is 0. The van der Waals surface area contributed by atoms with Crippen molar-refractivity contribution in [3.05, 3.63) is 252 Å². The molecule has 0 aliphatic heterocycles. The monoisotopic (exact) mass is 738 g/mol. The first-order valence-corrected chi connectivity index (χ1v) is 20.6. The second kappa shape index (κ2) is 14.5. The summed E-state index contributed by atoms with van der Waals surface area (Å²) in [5.41, 5.74) is 16.0. The second-order valence-electron chi connectivity index (χ2n) is 16.0. The molecule has 0 N–H and O–H groups in total. The summed E-state index contributed by atoms with van der Waals surface area (Å²) in [6, 6.07) is 81.3. The Morgan fingerprint density at radius 3 is 1.40 bits per heavy atom. The van der Waals surface area contributed by atoms with Gasteiger partial charge in [-0.15, -0.1) is 0 Å². The lowest BCUT2D eigenvalue weighted by Gasteiger charge is -2.21. The van der Waals surface area contributed by atoms with Crippen molar-refractivity contribution in [1.29, 1.82) is 0 Å². The van der Waals surface area contributed by atoms with Crippen molar-refractivity contribution in [1.82, 2.24) is 0 Å². The third-order valence-electron chi connectivity index (χ3n) is 12.7. The van der Waals surface area contributed by atoms with Gasteiger partial charge in [-0.05, 0) is 118 Å². The molecule has 274 valence electrons. The van der Waals surface area contributed by atoms with E-state index in [1.165, 1.54) is 99.1 Å². The maximum atomic E-state index is 2.47. The van der Waals surface area contributed by atoms with E-state index in [0.717, 1.165) is 12.8 Å². The largest absolute Gasteiger partial charge is 0.0622 e. The van der Waals surface area contributed by atoms with Gasteiger partial charge in [0.1, 0.15) is 0 Å². The highest BCUT2D eigenvalue weighted by Crippen LogP contribution is 2.46. The Bertz CT molecular complexity index is 3020. The number of fused-ring (bicyclic) bond motifs is 9. The van der Waals surface area contributed by atoms with Crippen molar-refractivity contribution < 1.29 is 0 Å². The minimum atomic E-state index is 0.175. The number of benzene rings is 10. The van der Waals surface area contributed by atoms with Crippen molar-refractivity contribution in [2.45, 2.75) is 24.7 Å². The fourth-order valence-electron chi connectivity index (χ4n) is 9.75. The average Bonchev–Trinajstić information content (AvgIpc) is 3.62. The molecule has 0 saturated carbocycles. The van der Waals surface area contributed by atoms with Crippen LogP contribution in [0.1, 0.15) is 45.2 Å². The summed E-state index contributed by atoms with van der Waals surface area (Å²) >= 11 is 0. The zero-order chi connectivity index (χ0) is 38.4. The predicted molar refractivity (Wildman–Crippen MR) is 246 cm³/mol. The van der Waals surface area contributed by atoms with Gasteiger partial charge in [-0.1, -0.05) is 212 Å². The molecule has 0 spiro atoms. The Morgan fingerprint density at radius 2 is 0.776 bits per heavy atom. The van der Waals surface area contributed by atoms with Crippen LogP contribution in [-0.2, 0) is 12.8 Å². The molecule has 0 amide bonds. The average molecular weight is 739 g/mol. The first-order chi connectivity index (χ1) is 28.7. The van der Waals surface area contributed by atoms with Gasteiger partial charge >= 0.3 is 0 Å². The highest BCUT2D eigenvalue weighted by atomic mass is 14.3. The van der Waals surface area contributed by atoms with Crippen molar-refractivity contribution in [3.8, 4) is 33.4 Å². The van der Waals surface area contributed by atoms with E-state index in [1.807, 2.05) is 0 Å². The molecule has 1 aliphatic carbocycles. The normalized spacial score (nSPS) is 12.8. The van der Waals surface area contributed by atoms with Gasteiger partial charge in [0.05, 0.1) is 0 Å². The van der Waals surface area contributed by atoms with E-state index in [1.54, 1.807) is 0 Å². The summed E-state index contributed by atoms with van der Waals surface area (Å²) in [6.45, 7) is 0. The van der Waals surface area contributed by atoms with E-state index in [0.29, 0.717) is 5.92 Å². The SMILES string of the molecule is c1ccc(-c2cccc(C(Cc3ccc(-c4ccc(CC5c6ccccc6-c6ccccc65)cc4)cc3)c3ccc4c5ccccc5c5ccccc5c4c3)c2)cc1. The molecule has 10 aromatic carbocycles. The third kappa shape index (κ3) is 6.10. The molecule has 58 heavy (non-hydrogen) atoms. The van der Waals surface area contributed by atoms with Crippen molar-refractivity contribution in [3.63, 3.8) is 0 Å². The van der Waals surface area contributed by atoms with Crippen molar-refractivity contribution in [2.24, 2.45) is 0 Å². The quantitative estimate of drug-likeness (QED) is 0.136. The zero-order valence-corrected chi connectivity index (χ0v) is 32.4. The lowest BCUT2D eigenvalue weighted by molar-refractivity contribution is 0.807. The highest BCUT2D eigenvalue weighted by molar-refractivity contribution is 6.25. The molecule has 0 radical (unpaired) electrons. The third-order valence-corrected chi connectivity index (χ3v) is 12.7. The van der Waals surface area contributed by atoms with Crippen LogP contribution in [-0.4, -0.2) is 0 Å². The Hall–Kier alpha value is -7.02. The van der Waals surface area contributed by atoms with E-state index in [2.05, 4.69) is 218 Å². The first-order valence-electron chi connectivity index (χ1n) is 20.6. The molecule has 1 unspecified atom stereocenters. The molecule has 10 aromatic rings. The van der Waals surface area contributed by atoms with Crippen LogP contribution in [0.4, 0.5) is 0 Å². The lowest BCUT2D eigenvalue weighted by atomic mass is 9.83. The molecule has 11 rings (SSSR count). The van der Waals surface area contributed by atoms with Crippen LogP contribution in [0.15, 0.2) is 218 Å². The summed E-state index contributed by atoms with van der Waals surface area (Å²) < 4.78 is 0. The summed E-state index contributed by atoms with van der Waals surface area (Å²) in [7, 11) is 0. The smallest absolute Gasteiger partial charge is 0.0142 e. The topological polar surface area (TPSA) is 0 Å². The molecule has 0 fully saturated rings. The summed E-state index contributed by atoms with van der Waals surface area (Å²) in [4.78, 5) is 0. The van der Waals surface area contributed by atoms with Gasteiger partial charge in [-0.2, -0.15) is 0 Å². The molecule has 0 heterocycles. The van der Waals surface area contributed by atoms with Crippen LogP contribution in [0.3, 0.4) is 0 Å². The second-order valence-corrected chi connectivity index (χ2v) is 16.0. The molecule has 1 aliphatic rings. The number of hydrogen-bond acceptors (Lipinski definition) is 0. The predicted octanol–water partition coefficient (Wildman–Crippen LogP) is 15.2. The summed E-state index contributed by atoms with van der Waals surface area (Å²) in [6.07, 6.45) is 1.90. The zero-order valence-electron chi connectivity index (χ0n) is 32.4. The molecule has 0 aromatic heterocycles. The standard InChI is InChI=1S/C58H42/c1-2-13-41(14-3-1)44-15-12-16-45(37-44)56(46-33-34-55-51-21-5-4-17-47(51)48-18-8-11-24-54(48)58(55)38-46)35-39-25-29-42(30-26-39)43-31-27-40(28-32-43)36-57-52-22-9-6-19-49(52)50-20-7-10-23-53(50)57/h1-34,37-38,56-57H,35-36H2. The first kappa shape index (κ1) is 34.2. The molecule has 0 bridgehead atoms. The van der Waals surface area contributed by atoms with Gasteiger partial charge < -0.3 is 0 Å². The Balaban J connectivity index is 0.922. The molecular weight excluding hydrogens is 697 g/mol. The van der Waals surface area contributed by atoms with E-state index in [9.17, 15) is 0 Å². The molecule has 1 atom stereocenters. The summed E-state index contributed by atoms with van der Waals surface area (Å²) in [5, 5.41) is 7.86. The maximum absolute atomic E-state index is 2.47. The van der Waals surface area contributed by atoms with Crippen LogP contribution < -0.4 is 0 Å².